The molecule has 1 N–H and O–H groups in total. The number of allylic oxidation sites excluding steroid dienone is 1. The maximum atomic E-state index is 14.1. The van der Waals surface area contributed by atoms with E-state index < -0.39 is 17.9 Å². The van der Waals surface area contributed by atoms with Gasteiger partial charge in [0.05, 0.1) is 20.5 Å². The molecule has 1 saturated heterocycles. The van der Waals surface area contributed by atoms with E-state index in [4.69, 9.17) is 29.7 Å². The van der Waals surface area contributed by atoms with Gasteiger partial charge in [0.1, 0.15) is 5.92 Å². The second kappa shape index (κ2) is 15.8. The number of carbonyl (C=O) groups excluding carboxylic acids is 3. The first-order valence-corrected chi connectivity index (χ1v) is 16.8. The van der Waals surface area contributed by atoms with Crippen molar-refractivity contribution in [3.63, 3.8) is 0 Å². The average Bonchev–Trinajstić information content (AvgIpc) is 3.84. The number of ketones is 1. The van der Waals surface area contributed by atoms with Gasteiger partial charge in [0.2, 0.25) is 0 Å². The van der Waals surface area contributed by atoms with Crippen LogP contribution in [0.2, 0.25) is 0 Å². The first-order valence-electron chi connectivity index (χ1n) is 16.8. The summed E-state index contributed by atoms with van der Waals surface area (Å²) < 4.78 is 10.1. The topological polar surface area (TPSA) is 146 Å². The predicted molar refractivity (Wildman–Crippen MR) is 195 cm³/mol. The molecule has 0 saturated carbocycles. The van der Waals surface area contributed by atoms with E-state index in [0.717, 1.165) is 28.6 Å². The zero-order chi connectivity index (χ0) is 35.7. The molecule has 0 spiro atoms. The molecule has 3 aromatic heterocycles. The number of carbonyl (C=O) groups is 3. The fourth-order valence-corrected chi connectivity index (χ4v) is 7.24. The Bertz CT molecular complexity index is 2110. The monoisotopic (exact) mass is 688 g/mol. The molecule has 4 atom stereocenters. The SMILES string of the molecule is C=Cc1c2[n-]c(c1C)/C=C1/[N-]C(C3=c4[n-]/c(c(C)c4C(=O)[C@@H]3C(=O)OC)=C\c3[n-]c(/c(=C\O)c3CC)=C\2)[C@@H](CCC(=O)OC)[C@@H]1C.CCC.[Mg+2]. The Balaban J connectivity index is 0.00000136. The largest absolute Gasteiger partial charge is 2.00 e. The summed E-state index contributed by atoms with van der Waals surface area (Å²) in [6, 6.07) is -0.624. The van der Waals surface area contributed by atoms with E-state index >= 15 is 0 Å². The normalized spacial score (nSPS) is 22.8. The van der Waals surface area contributed by atoms with Crippen LogP contribution in [-0.2, 0) is 25.5 Å². The molecule has 3 aliphatic rings. The molecule has 1 unspecified atom stereocenters. The number of ether oxygens (including phenoxy) is 2. The van der Waals surface area contributed by atoms with Gasteiger partial charge in [-0.1, -0.05) is 93.3 Å². The van der Waals surface area contributed by atoms with Crippen molar-refractivity contribution in [2.24, 2.45) is 17.8 Å². The molecule has 1 aliphatic carbocycles. The number of aliphatic hydroxyl groups is 1. The molecular formula is C39H44MgN4O6-2. The van der Waals surface area contributed by atoms with Crippen molar-refractivity contribution in [2.75, 3.05) is 14.2 Å². The minimum atomic E-state index is -1.20. The van der Waals surface area contributed by atoms with Gasteiger partial charge in [-0.3, -0.25) is 14.4 Å². The first kappa shape index (κ1) is 38.6. The Morgan fingerprint density at radius 2 is 1.64 bits per heavy atom. The Kier molecular flexibility index (Phi) is 12.2. The van der Waals surface area contributed by atoms with E-state index in [-0.39, 0.29) is 53.1 Å². The third-order valence-corrected chi connectivity index (χ3v) is 9.76. The smallest absolute Gasteiger partial charge is 0.681 e. The van der Waals surface area contributed by atoms with Crippen molar-refractivity contribution in [1.82, 2.24) is 15.0 Å². The zero-order valence-electron chi connectivity index (χ0n) is 30.2. The Labute approximate surface area is 308 Å². The number of methoxy groups -OCH3 is 2. The number of rotatable bonds is 6. The summed E-state index contributed by atoms with van der Waals surface area (Å²) in [5.41, 5.74) is 6.71. The second-order valence-electron chi connectivity index (χ2n) is 12.7. The Hall–Kier alpha value is -4.22. The molecule has 50 heavy (non-hydrogen) atoms. The Morgan fingerprint density at radius 1 is 0.960 bits per heavy atom. The van der Waals surface area contributed by atoms with Crippen LogP contribution in [0, 0.1) is 31.6 Å². The van der Waals surface area contributed by atoms with Crippen LogP contribution in [0.3, 0.4) is 0 Å². The summed E-state index contributed by atoms with van der Waals surface area (Å²) in [5, 5.41) is 17.6. The van der Waals surface area contributed by atoms with Crippen molar-refractivity contribution in [3.8, 4) is 0 Å². The molecule has 260 valence electrons. The number of aromatic nitrogens is 3. The van der Waals surface area contributed by atoms with Crippen molar-refractivity contribution >= 4 is 76.9 Å². The van der Waals surface area contributed by atoms with Gasteiger partial charge in [0.15, 0.2) is 5.78 Å². The molecule has 10 nitrogen and oxygen atoms in total. The van der Waals surface area contributed by atoms with Crippen LogP contribution >= 0.6 is 0 Å². The van der Waals surface area contributed by atoms with Gasteiger partial charge in [0.25, 0.3) is 0 Å². The molecular weight excluding hydrogens is 645 g/mol. The third-order valence-electron chi connectivity index (χ3n) is 9.76. The quantitative estimate of drug-likeness (QED) is 0.235. The minimum Gasteiger partial charge on any atom is -0.681 e. The van der Waals surface area contributed by atoms with Crippen molar-refractivity contribution in [3.05, 3.63) is 83.8 Å². The molecule has 0 aromatic carbocycles. The number of nitrogens with zero attached hydrogens (tertiary/aromatic N) is 4. The molecule has 6 rings (SSSR count). The van der Waals surface area contributed by atoms with Crippen molar-refractivity contribution in [1.29, 1.82) is 0 Å². The molecule has 11 heteroatoms. The summed E-state index contributed by atoms with van der Waals surface area (Å²) in [7, 11) is 2.61. The number of hydrogen-bond acceptors (Lipinski definition) is 6. The summed E-state index contributed by atoms with van der Waals surface area (Å²) in [4.78, 5) is 54.4. The van der Waals surface area contributed by atoms with Gasteiger partial charge in [-0.2, -0.15) is 5.70 Å². The van der Waals surface area contributed by atoms with Crippen LogP contribution in [0.4, 0.5) is 0 Å². The molecule has 3 aromatic rings. The van der Waals surface area contributed by atoms with Gasteiger partial charge < -0.3 is 34.8 Å². The third kappa shape index (κ3) is 6.53. The van der Waals surface area contributed by atoms with Gasteiger partial charge in [-0.25, -0.2) is 0 Å². The van der Waals surface area contributed by atoms with Crippen LogP contribution in [0.15, 0.2) is 12.3 Å². The van der Waals surface area contributed by atoms with Gasteiger partial charge in [-0.05, 0) is 49.3 Å². The van der Waals surface area contributed by atoms with Gasteiger partial charge >= 0.3 is 35.0 Å². The Morgan fingerprint density at radius 3 is 2.24 bits per heavy atom. The minimum absolute atomic E-state index is 0. The summed E-state index contributed by atoms with van der Waals surface area (Å²) in [6.07, 6.45) is 10.8. The first-order chi connectivity index (χ1) is 23.5. The maximum absolute atomic E-state index is 14.1. The van der Waals surface area contributed by atoms with E-state index in [1.54, 1.807) is 6.08 Å². The van der Waals surface area contributed by atoms with Crippen LogP contribution in [0.25, 0.3) is 41.5 Å². The maximum Gasteiger partial charge on any atom is 2.00 e. The molecule has 5 heterocycles. The molecule has 1 fully saturated rings. The van der Waals surface area contributed by atoms with E-state index in [1.165, 1.54) is 20.6 Å². The number of Topliss-reactive ketones (excluding diaryl/α,β-unsaturated/α-hetero) is 1. The summed E-state index contributed by atoms with van der Waals surface area (Å²) >= 11 is 0. The van der Waals surface area contributed by atoms with Crippen LogP contribution in [-0.4, -0.2) is 66.1 Å². The van der Waals surface area contributed by atoms with Gasteiger partial charge in [0, 0.05) is 12.0 Å². The predicted octanol–water partition coefficient (Wildman–Crippen LogP) is 2.82. The van der Waals surface area contributed by atoms with Gasteiger partial charge in [-0.15, -0.1) is 33.1 Å². The molecule has 0 radical (unpaired) electrons. The van der Waals surface area contributed by atoms with Crippen LogP contribution in [0.1, 0.15) is 96.7 Å². The number of aliphatic hydroxyl groups excluding tert-OH is 1. The van der Waals surface area contributed by atoms with E-state index in [2.05, 4.69) is 20.4 Å². The molecule has 0 amide bonds. The zero-order valence-corrected chi connectivity index (χ0v) is 31.6. The fourth-order valence-electron chi connectivity index (χ4n) is 7.24. The van der Waals surface area contributed by atoms with E-state index in [1.807, 2.05) is 45.9 Å². The average molecular weight is 689 g/mol. The van der Waals surface area contributed by atoms with Crippen LogP contribution < -0.4 is 36.2 Å². The number of esters is 2. The summed E-state index contributed by atoms with van der Waals surface area (Å²) in [6.45, 7) is 16.1. The number of hydrogen-bond donors (Lipinski definition) is 1. The van der Waals surface area contributed by atoms with E-state index in [0.29, 0.717) is 67.9 Å². The summed E-state index contributed by atoms with van der Waals surface area (Å²) in [5.74, 6) is -3.00. The van der Waals surface area contributed by atoms with Crippen molar-refractivity contribution in [2.45, 2.75) is 73.3 Å². The van der Waals surface area contributed by atoms with E-state index in [9.17, 15) is 19.5 Å². The number of fused-ring (bicyclic) bond motifs is 8. The van der Waals surface area contributed by atoms with Crippen LogP contribution in [0.5, 0.6) is 0 Å². The second-order valence-corrected chi connectivity index (χ2v) is 12.7. The van der Waals surface area contributed by atoms with Crippen molar-refractivity contribution < 1.29 is 29.0 Å². The molecule has 2 aliphatic heterocycles. The fraction of sp³-hybridized carbons (Fsp3) is 0.410. The molecule has 8 bridgehead atoms. The standard InChI is InChI=1S/C36H36N4O6.C3H8.Mg/c1-8-19-16(3)23-12-24-17(4)21(10-11-29(42)45-6)33(39-24)31-32(36(44)46-7)35(43)30-18(5)25(40-34(30)31)13-27-20(9-2)22(15-41)28(38-27)14-26(19)37-23;1-3-2;/h8,12-15,17,21,32-33H,1,9-11H2,2-7H3,(H,41,43);3H2,1-2H3;/q-4;;+2/b24-12+,28-14-;;/t17-,21-,32+,33?;;/m0../s1.